The van der Waals surface area contributed by atoms with Crippen LogP contribution in [0.1, 0.15) is 25.7 Å². The van der Waals surface area contributed by atoms with E-state index < -0.39 is 0 Å². The fourth-order valence-electron chi connectivity index (χ4n) is 3.92. The summed E-state index contributed by atoms with van der Waals surface area (Å²) in [4.78, 5) is 29.5. The van der Waals surface area contributed by atoms with Crippen molar-refractivity contribution in [2.45, 2.75) is 37.8 Å². The molecule has 1 fully saturated rings. The van der Waals surface area contributed by atoms with Gasteiger partial charge in [-0.15, -0.1) is 0 Å². The number of nitriles is 1. The monoisotopic (exact) mass is 331 g/mol. The van der Waals surface area contributed by atoms with Gasteiger partial charge >= 0.3 is 6.03 Å². The Balaban J connectivity index is 1.44. The second-order valence-electron chi connectivity index (χ2n) is 7.10. The zero-order valence-corrected chi connectivity index (χ0v) is 14.4. The molecule has 24 heavy (non-hydrogen) atoms. The molecule has 3 amide bonds. The van der Waals surface area contributed by atoms with Crippen molar-refractivity contribution in [2.24, 2.45) is 0 Å². The maximum Gasteiger partial charge on any atom is 0.320 e. The Morgan fingerprint density at radius 1 is 1.29 bits per heavy atom. The van der Waals surface area contributed by atoms with Crippen molar-refractivity contribution in [3.8, 4) is 6.07 Å². The van der Waals surface area contributed by atoms with Gasteiger partial charge in [-0.25, -0.2) is 4.79 Å². The Morgan fingerprint density at radius 3 is 2.54 bits per heavy atom. The Morgan fingerprint density at radius 2 is 1.96 bits per heavy atom. The van der Waals surface area contributed by atoms with Gasteiger partial charge in [-0.2, -0.15) is 5.26 Å². The lowest BCUT2D eigenvalue weighted by Crippen LogP contribution is -2.43. The number of hydrogen-bond donors (Lipinski definition) is 1. The molecular weight excluding hydrogens is 306 g/mol. The lowest BCUT2D eigenvalue weighted by atomic mass is 10.1. The molecule has 1 N–H and O–H groups in total. The molecule has 0 spiro atoms. The molecule has 0 aromatic heterocycles. The van der Waals surface area contributed by atoms with Gasteiger partial charge in [0.05, 0.1) is 12.6 Å². The van der Waals surface area contributed by atoms with E-state index in [1.807, 2.05) is 4.90 Å². The lowest BCUT2D eigenvalue weighted by molar-refractivity contribution is -0.130. The summed E-state index contributed by atoms with van der Waals surface area (Å²) in [5.74, 6) is 0.0236. The van der Waals surface area contributed by atoms with Gasteiger partial charge in [0.25, 0.3) is 0 Å². The third-order valence-electron chi connectivity index (χ3n) is 5.17. The molecule has 0 saturated carbocycles. The topological polar surface area (TPSA) is 79.7 Å². The van der Waals surface area contributed by atoms with Crippen molar-refractivity contribution in [3.63, 3.8) is 0 Å². The van der Waals surface area contributed by atoms with Crippen LogP contribution in [0, 0.1) is 11.3 Å². The molecule has 0 bridgehead atoms. The molecule has 130 valence electrons. The van der Waals surface area contributed by atoms with Gasteiger partial charge in [-0.3, -0.25) is 4.79 Å². The van der Waals surface area contributed by atoms with Crippen LogP contribution in [-0.2, 0) is 4.79 Å². The van der Waals surface area contributed by atoms with Crippen molar-refractivity contribution in [1.82, 2.24) is 20.0 Å². The summed E-state index contributed by atoms with van der Waals surface area (Å²) in [6.45, 7) is 2.41. The van der Waals surface area contributed by atoms with Crippen LogP contribution in [0.2, 0.25) is 0 Å². The van der Waals surface area contributed by atoms with Crippen molar-refractivity contribution in [3.05, 3.63) is 11.1 Å². The minimum absolute atomic E-state index is 0.0236. The number of likely N-dealkylation sites (tertiary alicyclic amines) is 2. The first kappa shape index (κ1) is 16.8. The average Bonchev–Trinajstić information content (AvgIpc) is 3.25. The first-order valence-electron chi connectivity index (χ1n) is 8.58. The van der Waals surface area contributed by atoms with Gasteiger partial charge in [0, 0.05) is 39.8 Å². The third-order valence-corrected chi connectivity index (χ3v) is 5.17. The van der Waals surface area contributed by atoms with Gasteiger partial charge < -0.3 is 20.0 Å². The fourth-order valence-corrected chi connectivity index (χ4v) is 3.92. The molecule has 0 unspecified atom stereocenters. The van der Waals surface area contributed by atoms with Crippen LogP contribution < -0.4 is 5.32 Å². The molecule has 2 heterocycles. The van der Waals surface area contributed by atoms with Gasteiger partial charge in [0.1, 0.15) is 6.04 Å². The van der Waals surface area contributed by atoms with E-state index in [9.17, 15) is 9.59 Å². The highest BCUT2D eigenvalue weighted by Gasteiger charge is 2.34. The fraction of sp³-hybridized carbons (Fsp3) is 0.706. The highest BCUT2D eigenvalue weighted by atomic mass is 16.2. The van der Waals surface area contributed by atoms with E-state index in [1.165, 1.54) is 11.1 Å². The summed E-state index contributed by atoms with van der Waals surface area (Å²) in [7, 11) is 3.54. The highest BCUT2D eigenvalue weighted by molar-refractivity contribution is 5.79. The molecule has 0 aromatic rings. The maximum atomic E-state index is 12.3. The predicted octanol–water partition coefficient (Wildman–Crippen LogP) is 0.547. The highest BCUT2D eigenvalue weighted by Crippen LogP contribution is 2.33. The first-order valence-corrected chi connectivity index (χ1v) is 8.58. The average molecular weight is 331 g/mol. The first-order chi connectivity index (χ1) is 11.5. The van der Waals surface area contributed by atoms with E-state index in [4.69, 9.17) is 5.26 Å². The van der Waals surface area contributed by atoms with E-state index in [2.05, 4.69) is 11.4 Å². The summed E-state index contributed by atoms with van der Waals surface area (Å²) in [6, 6.07) is 2.29. The molecule has 0 radical (unpaired) electrons. The number of urea groups is 1. The lowest BCUT2D eigenvalue weighted by Gasteiger charge is -2.25. The Bertz CT molecular complexity index is 589. The van der Waals surface area contributed by atoms with E-state index in [0.29, 0.717) is 26.2 Å². The zero-order chi connectivity index (χ0) is 17.3. The maximum absolute atomic E-state index is 12.3. The minimum atomic E-state index is -0.253. The zero-order valence-electron chi connectivity index (χ0n) is 14.4. The molecule has 1 saturated heterocycles. The SMILES string of the molecule is CN(C)C(=O)N1CC2=C(CC(NCC(=O)N3CCC[C@H]3C#N)C2)C1. The molecule has 3 aliphatic rings. The van der Waals surface area contributed by atoms with Crippen LogP contribution >= 0.6 is 0 Å². The van der Waals surface area contributed by atoms with Gasteiger partial charge in [-0.05, 0) is 36.8 Å². The number of carbonyl (C=O) groups is 2. The molecule has 1 atom stereocenters. The Hall–Kier alpha value is -2.07. The van der Waals surface area contributed by atoms with Crippen molar-refractivity contribution < 1.29 is 9.59 Å². The number of nitrogens with zero attached hydrogens (tertiary/aromatic N) is 4. The van der Waals surface area contributed by atoms with Crippen LogP contribution in [-0.4, -0.2) is 79.0 Å². The number of hydrogen-bond acceptors (Lipinski definition) is 4. The molecule has 3 rings (SSSR count). The van der Waals surface area contributed by atoms with Gasteiger partial charge in [-0.1, -0.05) is 0 Å². The Labute approximate surface area is 142 Å². The van der Waals surface area contributed by atoms with E-state index in [0.717, 1.165) is 25.7 Å². The van der Waals surface area contributed by atoms with Crippen LogP contribution in [0.5, 0.6) is 0 Å². The van der Waals surface area contributed by atoms with Gasteiger partial charge in [0.15, 0.2) is 0 Å². The van der Waals surface area contributed by atoms with Crippen LogP contribution in [0.25, 0.3) is 0 Å². The number of carbonyl (C=O) groups excluding carboxylic acids is 2. The third kappa shape index (κ3) is 3.24. The van der Waals surface area contributed by atoms with E-state index in [-0.39, 0.29) is 24.0 Å². The summed E-state index contributed by atoms with van der Waals surface area (Å²) < 4.78 is 0. The minimum Gasteiger partial charge on any atom is -0.331 e. The van der Waals surface area contributed by atoms with Crippen LogP contribution in [0.3, 0.4) is 0 Å². The predicted molar refractivity (Wildman–Crippen MR) is 89.1 cm³/mol. The number of amides is 3. The molecule has 1 aliphatic carbocycles. The van der Waals surface area contributed by atoms with Crippen molar-refractivity contribution in [2.75, 3.05) is 40.3 Å². The summed E-state index contributed by atoms with van der Waals surface area (Å²) in [6.07, 6.45) is 3.51. The summed E-state index contributed by atoms with van der Waals surface area (Å²) in [5, 5.41) is 12.4. The quantitative estimate of drug-likeness (QED) is 0.766. The smallest absolute Gasteiger partial charge is 0.320 e. The van der Waals surface area contributed by atoms with E-state index in [1.54, 1.807) is 23.9 Å². The number of nitrogens with one attached hydrogen (secondary N) is 1. The molecule has 7 nitrogen and oxygen atoms in total. The van der Waals surface area contributed by atoms with Crippen molar-refractivity contribution in [1.29, 1.82) is 5.26 Å². The Kier molecular flexibility index (Phi) is 4.76. The standard InChI is InChI=1S/C17H25N5O2/c1-20(2)17(24)21-10-12-6-14(7-13(12)11-21)19-9-16(23)22-5-3-4-15(22)8-18/h14-15,19H,3-7,9-11H2,1-2H3/t15-/m0/s1. The van der Waals surface area contributed by atoms with Gasteiger partial charge in [0.2, 0.25) is 5.91 Å². The summed E-state index contributed by atoms with van der Waals surface area (Å²) in [5.41, 5.74) is 2.68. The van der Waals surface area contributed by atoms with Crippen LogP contribution in [0.15, 0.2) is 11.1 Å². The summed E-state index contributed by atoms with van der Waals surface area (Å²) >= 11 is 0. The largest absolute Gasteiger partial charge is 0.331 e. The molecule has 2 aliphatic heterocycles. The van der Waals surface area contributed by atoms with Crippen LogP contribution in [0.4, 0.5) is 4.79 Å². The van der Waals surface area contributed by atoms with Crippen molar-refractivity contribution >= 4 is 11.9 Å². The molecule has 7 heteroatoms. The second-order valence-corrected chi connectivity index (χ2v) is 7.10. The second kappa shape index (κ2) is 6.81. The molecular formula is C17H25N5O2. The van der Waals surface area contributed by atoms with E-state index >= 15 is 0 Å². The number of rotatable bonds is 3. The normalized spacial score (nSPS) is 23.6. The molecule has 0 aromatic carbocycles.